The molecule has 1 unspecified atom stereocenters. The van der Waals surface area contributed by atoms with Gasteiger partial charge in [-0.1, -0.05) is 0 Å². The fourth-order valence-electron chi connectivity index (χ4n) is 3.62. The van der Waals surface area contributed by atoms with Gasteiger partial charge in [0.25, 0.3) is 5.91 Å². The lowest BCUT2D eigenvalue weighted by molar-refractivity contribution is 0.0783. The lowest BCUT2D eigenvalue weighted by atomic mass is 9.79. The second-order valence-corrected chi connectivity index (χ2v) is 6.15. The number of ether oxygens (including phenoxy) is 1. The molecule has 1 amide bonds. The Labute approximate surface area is 124 Å². The van der Waals surface area contributed by atoms with E-state index in [9.17, 15) is 9.18 Å². The minimum Gasteiger partial charge on any atom is -0.494 e. The first kappa shape index (κ1) is 14.3. The van der Waals surface area contributed by atoms with Crippen LogP contribution in [0.3, 0.4) is 0 Å². The molecule has 1 aromatic rings. The van der Waals surface area contributed by atoms with Crippen molar-refractivity contribution in [1.82, 2.24) is 4.90 Å². The van der Waals surface area contributed by atoms with E-state index in [0.717, 1.165) is 32.4 Å². The summed E-state index contributed by atoms with van der Waals surface area (Å²) < 4.78 is 18.6. The molecule has 2 fully saturated rings. The summed E-state index contributed by atoms with van der Waals surface area (Å²) >= 11 is 0. The second kappa shape index (κ2) is 5.64. The third kappa shape index (κ3) is 2.75. The third-order valence-electron chi connectivity index (χ3n) is 4.78. The molecule has 1 aliphatic carbocycles. The lowest BCUT2D eigenvalue weighted by Crippen LogP contribution is -2.32. The van der Waals surface area contributed by atoms with Gasteiger partial charge in [0.05, 0.1) is 7.11 Å². The second-order valence-electron chi connectivity index (χ2n) is 6.15. The van der Waals surface area contributed by atoms with E-state index in [-0.39, 0.29) is 17.7 Å². The van der Waals surface area contributed by atoms with Crippen molar-refractivity contribution in [3.8, 4) is 5.75 Å². The van der Waals surface area contributed by atoms with Gasteiger partial charge >= 0.3 is 0 Å². The van der Waals surface area contributed by atoms with E-state index in [0.29, 0.717) is 17.4 Å². The van der Waals surface area contributed by atoms with Gasteiger partial charge in [-0.3, -0.25) is 4.79 Å². The zero-order valence-electron chi connectivity index (χ0n) is 12.2. The van der Waals surface area contributed by atoms with Crippen LogP contribution < -0.4 is 10.5 Å². The zero-order chi connectivity index (χ0) is 15.0. The Kier molecular flexibility index (Phi) is 3.85. The summed E-state index contributed by atoms with van der Waals surface area (Å²) in [4.78, 5) is 14.4. The quantitative estimate of drug-likeness (QED) is 0.907. The van der Waals surface area contributed by atoms with Crippen molar-refractivity contribution < 1.29 is 13.9 Å². The van der Waals surface area contributed by atoms with Crippen LogP contribution in [0.5, 0.6) is 5.75 Å². The van der Waals surface area contributed by atoms with Crippen LogP contribution in [0.25, 0.3) is 0 Å². The fraction of sp³-hybridized carbons (Fsp3) is 0.562. The first-order valence-corrected chi connectivity index (χ1v) is 7.47. The number of nitrogens with zero attached hydrogens (tertiary/aromatic N) is 1. The van der Waals surface area contributed by atoms with Crippen molar-refractivity contribution in [2.75, 3.05) is 20.2 Å². The Balaban J connectivity index is 1.73. The highest BCUT2D eigenvalue weighted by atomic mass is 19.1. The number of benzene rings is 1. The standard InChI is InChI=1S/C16H21FN2O2/c1-21-15-5-3-10(7-14(15)17)16(20)19-8-11-2-4-13(18)6-12(11)9-19/h3,5,7,11-13H,2,4,6,8-9,18H2,1H3/t11-,12+,13?/m1/s1. The highest BCUT2D eigenvalue weighted by molar-refractivity contribution is 5.94. The van der Waals surface area contributed by atoms with Gasteiger partial charge in [0.15, 0.2) is 11.6 Å². The van der Waals surface area contributed by atoms with Crippen LogP contribution in [0.4, 0.5) is 4.39 Å². The molecule has 1 aliphatic heterocycles. The summed E-state index contributed by atoms with van der Waals surface area (Å²) in [6.07, 6.45) is 3.12. The first-order chi connectivity index (χ1) is 10.1. The molecule has 0 radical (unpaired) electrons. The molecule has 3 atom stereocenters. The van der Waals surface area contributed by atoms with Gasteiger partial charge in [-0.25, -0.2) is 4.39 Å². The van der Waals surface area contributed by atoms with Crippen molar-refractivity contribution in [3.05, 3.63) is 29.6 Å². The molecular formula is C16H21FN2O2. The molecule has 1 saturated heterocycles. The van der Waals surface area contributed by atoms with Crippen molar-refractivity contribution in [1.29, 1.82) is 0 Å². The minimum absolute atomic E-state index is 0.0977. The number of rotatable bonds is 2. The number of hydrogen-bond acceptors (Lipinski definition) is 3. The lowest BCUT2D eigenvalue weighted by Gasteiger charge is -2.27. The largest absolute Gasteiger partial charge is 0.494 e. The van der Waals surface area contributed by atoms with E-state index in [1.165, 1.54) is 19.2 Å². The van der Waals surface area contributed by atoms with Crippen LogP contribution in [-0.4, -0.2) is 37.0 Å². The van der Waals surface area contributed by atoms with Gasteiger partial charge in [0.1, 0.15) is 0 Å². The summed E-state index contributed by atoms with van der Waals surface area (Å²) in [6.45, 7) is 1.51. The Hall–Kier alpha value is -1.62. The average Bonchev–Trinajstić information content (AvgIpc) is 2.89. The summed E-state index contributed by atoms with van der Waals surface area (Å²) in [5.74, 6) is 0.617. The zero-order valence-corrected chi connectivity index (χ0v) is 12.2. The topological polar surface area (TPSA) is 55.6 Å². The molecular weight excluding hydrogens is 271 g/mol. The summed E-state index contributed by atoms with van der Waals surface area (Å²) in [6, 6.07) is 4.65. The van der Waals surface area contributed by atoms with Gasteiger partial charge in [-0.05, 0) is 49.3 Å². The van der Waals surface area contributed by atoms with Crippen molar-refractivity contribution >= 4 is 5.91 Å². The van der Waals surface area contributed by atoms with Crippen LogP contribution in [0.15, 0.2) is 18.2 Å². The molecule has 114 valence electrons. The number of carbonyl (C=O) groups is 1. The van der Waals surface area contributed by atoms with E-state index in [1.807, 2.05) is 4.90 Å². The maximum absolute atomic E-state index is 13.7. The summed E-state index contributed by atoms with van der Waals surface area (Å²) in [5, 5.41) is 0. The number of fused-ring (bicyclic) bond motifs is 1. The number of methoxy groups -OCH3 is 1. The van der Waals surface area contributed by atoms with Crippen molar-refractivity contribution in [2.45, 2.75) is 25.3 Å². The Morgan fingerprint density at radius 3 is 2.81 bits per heavy atom. The highest BCUT2D eigenvalue weighted by Gasteiger charge is 2.38. The van der Waals surface area contributed by atoms with Crippen LogP contribution in [0.2, 0.25) is 0 Å². The van der Waals surface area contributed by atoms with E-state index in [4.69, 9.17) is 10.5 Å². The number of likely N-dealkylation sites (tertiary alicyclic amines) is 1. The molecule has 1 saturated carbocycles. The van der Waals surface area contributed by atoms with Crippen LogP contribution in [-0.2, 0) is 0 Å². The number of nitrogens with two attached hydrogens (primary N) is 1. The van der Waals surface area contributed by atoms with Gasteiger partial charge in [-0.15, -0.1) is 0 Å². The van der Waals surface area contributed by atoms with Gasteiger partial charge in [0.2, 0.25) is 0 Å². The maximum atomic E-state index is 13.7. The number of carbonyl (C=O) groups excluding carboxylic acids is 1. The molecule has 3 rings (SSSR count). The van der Waals surface area contributed by atoms with Gasteiger partial charge < -0.3 is 15.4 Å². The molecule has 21 heavy (non-hydrogen) atoms. The van der Waals surface area contributed by atoms with Crippen LogP contribution in [0, 0.1) is 17.7 Å². The van der Waals surface area contributed by atoms with Crippen LogP contribution in [0.1, 0.15) is 29.6 Å². The molecule has 5 heteroatoms. The minimum atomic E-state index is -0.498. The molecule has 1 heterocycles. The van der Waals surface area contributed by atoms with Crippen molar-refractivity contribution in [2.24, 2.45) is 17.6 Å². The molecule has 2 aliphatic rings. The monoisotopic (exact) mass is 292 g/mol. The van der Waals surface area contributed by atoms with E-state index in [1.54, 1.807) is 6.07 Å². The molecule has 0 bridgehead atoms. The highest BCUT2D eigenvalue weighted by Crippen LogP contribution is 2.36. The average molecular weight is 292 g/mol. The maximum Gasteiger partial charge on any atom is 0.253 e. The molecule has 0 spiro atoms. The van der Waals surface area contributed by atoms with E-state index >= 15 is 0 Å². The Morgan fingerprint density at radius 1 is 1.33 bits per heavy atom. The molecule has 2 N–H and O–H groups in total. The van der Waals surface area contributed by atoms with Crippen LogP contribution >= 0.6 is 0 Å². The Morgan fingerprint density at radius 2 is 2.10 bits per heavy atom. The van der Waals surface area contributed by atoms with E-state index in [2.05, 4.69) is 0 Å². The third-order valence-corrected chi connectivity index (χ3v) is 4.78. The molecule has 4 nitrogen and oxygen atoms in total. The smallest absolute Gasteiger partial charge is 0.253 e. The number of halogens is 1. The van der Waals surface area contributed by atoms with E-state index < -0.39 is 5.82 Å². The molecule has 1 aromatic carbocycles. The Bertz CT molecular complexity index is 549. The van der Waals surface area contributed by atoms with Gasteiger partial charge in [0, 0.05) is 24.7 Å². The molecule has 0 aromatic heterocycles. The predicted octanol–water partition coefficient (Wildman–Crippen LogP) is 2.03. The summed E-state index contributed by atoms with van der Waals surface area (Å²) in [5.41, 5.74) is 6.39. The number of amides is 1. The van der Waals surface area contributed by atoms with Gasteiger partial charge in [-0.2, -0.15) is 0 Å². The predicted molar refractivity (Wildman–Crippen MR) is 77.7 cm³/mol. The summed E-state index contributed by atoms with van der Waals surface area (Å²) in [7, 11) is 1.41. The fourth-order valence-corrected chi connectivity index (χ4v) is 3.62. The van der Waals surface area contributed by atoms with Crippen molar-refractivity contribution in [3.63, 3.8) is 0 Å². The number of hydrogen-bond donors (Lipinski definition) is 1. The SMILES string of the molecule is COc1ccc(C(=O)N2C[C@H]3CCC(N)C[C@H]3C2)cc1F. The first-order valence-electron chi connectivity index (χ1n) is 7.47. The normalized spacial score (nSPS) is 28.3.